The molecule has 15 heavy (non-hydrogen) atoms. The van der Waals surface area contributed by atoms with Gasteiger partial charge in [0.05, 0.1) is 0 Å². The van der Waals surface area contributed by atoms with E-state index >= 15 is 0 Å². The first-order chi connectivity index (χ1) is 6.85. The molecule has 1 fully saturated rings. The van der Waals surface area contributed by atoms with Gasteiger partial charge >= 0.3 is 0 Å². The van der Waals surface area contributed by atoms with Crippen molar-refractivity contribution < 1.29 is 4.79 Å². The number of carbonyl (C=O) groups is 1. The Labute approximate surface area is 94.6 Å². The first kappa shape index (κ1) is 12.7. The molecule has 3 atom stereocenters. The van der Waals surface area contributed by atoms with Crippen molar-refractivity contribution in [1.29, 1.82) is 0 Å². The maximum absolute atomic E-state index is 11.2. The van der Waals surface area contributed by atoms with Crippen molar-refractivity contribution in [2.45, 2.75) is 60.3 Å². The van der Waals surface area contributed by atoms with Crippen LogP contribution >= 0.6 is 0 Å². The molecule has 0 aliphatic heterocycles. The molecule has 0 aromatic carbocycles. The minimum absolute atomic E-state index is 0.261. The van der Waals surface area contributed by atoms with Crippen LogP contribution in [0.2, 0.25) is 0 Å². The largest absolute Gasteiger partial charge is 0.300 e. The molecule has 88 valence electrons. The highest BCUT2D eigenvalue weighted by atomic mass is 16.1. The Kier molecular flexibility index (Phi) is 3.97. The zero-order valence-corrected chi connectivity index (χ0v) is 11.0. The van der Waals surface area contributed by atoms with Crippen LogP contribution in [0.4, 0.5) is 0 Å². The monoisotopic (exact) mass is 210 g/mol. The second-order valence-corrected chi connectivity index (χ2v) is 6.09. The molecule has 0 aromatic rings. The van der Waals surface area contributed by atoms with Gasteiger partial charge in [-0.2, -0.15) is 0 Å². The van der Waals surface area contributed by atoms with E-state index in [1.165, 1.54) is 19.3 Å². The fraction of sp³-hybridized carbons (Fsp3) is 0.929. The zero-order chi connectivity index (χ0) is 11.6. The second kappa shape index (κ2) is 4.67. The van der Waals surface area contributed by atoms with Gasteiger partial charge in [-0.15, -0.1) is 0 Å². The molecule has 1 heteroatoms. The summed E-state index contributed by atoms with van der Waals surface area (Å²) in [4.78, 5) is 11.2. The molecule has 0 spiro atoms. The molecular formula is C14H26O. The highest BCUT2D eigenvalue weighted by Gasteiger charge is 2.39. The van der Waals surface area contributed by atoms with Crippen LogP contribution in [-0.2, 0) is 4.79 Å². The molecular weight excluding hydrogens is 184 g/mol. The van der Waals surface area contributed by atoms with E-state index in [-0.39, 0.29) is 5.92 Å². The Bertz CT molecular complexity index is 229. The first-order valence-corrected chi connectivity index (χ1v) is 6.36. The zero-order valence-electron chi connectivity index (χ0n) is 11.0. The van der Waals surface area contributed by atoms with Gasteiger partial charge in [-0.1, -0.05) is 27.7 Å². The van der Waals surface area contributed by atoms with Crippen LogP contribution in [-0.4, -0.2) is 5.78 Å². The van der Waals surface area contributed by atoms with Gasteiger partial charge in [0, 0.05) is 5.92 Å². The van der Waals surface area contributed by atoms with Crippen LogP contribution in [0.5, 0.6) is 0 Å². The average Bonchev–Trinajstić information content (AvgIpc) is 2.39. The lowest BCUT2D eigenvalue weighted by atomic mass is 9.74. The van der Waals surface area contributed by atoms with Gasteiger partial charge < -0.3 is 0 Å². The highest BCUT2D eigenvalue weighted by Crippen LogP contribution is 2.49. The predicted octanol–water partition coefficient (Wildman–Crippen LogP) is 4.06. The molecule has 0 radical (unpaired) electrons. The number of hydrogen-bond donors (Lipinski definition) is 0. The van der Waals surface area contributed by atoms with E-state index in [0.29, 0.717) is 11.2 Å². The van der Waals surface area contributed by atoms with Crippen LogP contribution in [0.1, 0.15) is 60.3 Å². The molecule has 0 saturated heterocycles. The molecule has 1 unspecified atom stereocenters. The van der Waals surface area contributed by atoms with E-state index in [4.69, 9.17) is 0 Å². The summed E-state index contributed by atoms with van der Waals surface area (Å²) in [5.41, 5.74) is 0.483. The van der Waals surface area contributed by atoms with Gasteiger partial charge in [0.25, 0.3) is 0 Å². The fourth-order valence-electron chi connectivity index (χ4n) is 2.77. The summed E-state index contributed by atoms with van der Waals surface area (Å²) in [6, 6.07) is 0. The lowest BCUT2D eigenvalue weighted by Crippen LogP contribution is -2.24. The molecule has 1 aliphatic carbocycles. The normalized spacial score (nSPS) is 31.5. The number of Topliss-reactive ketones (excluding diaryl/α,β-unsaturated/α-hetero) is 1. The summed E-state index contributed by atoms with van der Waals surface area (Å²) in [6.45, 7) is 10.9. The summed E-state index contributed by atoms with van der Waals surface area (Å²) >= 11 is 0. The van der Waals surface area contributed by atoms with Crippen molar-refractivity contribution in [2.24, 2.45) is 23.2 Å². The summed E-state index contributed by atoms with van der Waals surface area (Å²) in [6.07, 6.45) is 5.04. The highest BCUT2D eigenvalue weighted by molar-refractivity contribution is 5.77. The van der Waals surface area contributed by atoms with Gasteiger partial charge in [-0.3, -0.25) is 4.79 Å². The topological polar surface area (TPSA) is 17.1 Å². The quantitative estimate of drug-likeness (QED) is 0.683. The lowest BCUT2D eigenvalue weighted by molar-refractivity contribution is -0.120. The Morgan fingerprint density at radius 1 is 1.40 bits per heavy atom. The predicted molar refractivity (Wildman–Crippen MR) is 64.7 cm³/mol. The number of hydrogen-bond acceptors (Lipinski definition) is 1. The summed E-state index contributed by atoms with van der Waals surface area (Å²) in [5.74, 6) is 2.28. The minimum Gasteiger partial charge on any atom is -0.300 e. The second-order valence-electron chi connectivity index (χ2n) is 6.09. The summed E-state index contributed by atoms with van der Waals surface area (Å²) < 4.78 is 0. The van der Waals surface area contributed by atoms with Gasteiger partial charge in [0.2, 0.25) is 0 Å². The van der Waals surface area contributed by atoms with Crippen LogP contribution in [0.25, 0.3) is 0 Å². The van der Waals surface area contributed by atoms with Crippen molar-refractivity contribution in [3.8, 4) is 0 Å². The van der Waals surface area contributed by atoms with E-state index < -0.39 is 0 Å². The molecule has 0 heterocycles. The third-order valence-electron chi connectivity index (χ3n) is 4.91. The van der Waals surface area contributed by atoms with E-state index in [1.54, 1.807) is 6.92 Å². The molecule has 1 saturated carbocycles. The fourth-order valence-corrected chi connectivity index (χ4v) is 2.77. The van der Waals surface area contributed by atoms with Crippen LogP contribution in [0.15, 0.2) is 0 Å². The van der Waals surface area contributed by atoms with Crippen molar-refractivity contribution in [3.05, 3.63) is 0 Å². The molecule has 0 aromatic heterocycles. The Morgan fingerprint density at radius 3 is 2.40 bits per heavy atom. The minimum atomic E-state index is 0.261. The van der Waals surface area contributed by atoms with Crippen molar-refractivity contribution in [2.75, 3.05) is 0 Å². The molecule has 0 N–H and O–H groups in total. The first-order valence-electron chi connectivity index (χ1n) is 6.36. The van der Waals surface area contributed by atoms with Crippen LogP contribution < -0.4 is 0 Å². The van der Waals surface area contributed by atoms with Crippen molar-refractivity contribution >= 4 is 5.78 Å². The maximum atomic E-state index is 11.2. The molecule has 0 bridgehead atoms. The Hall–Kier alpha value is -0.330. The molecule has 0 amide bonds. The summed E-state index contributed by atoms with van der Waals surface area (Å²) in [7, 11) is 0. The van der Waals surface area contributed by atoms with Gasteiger partial charge in [0.15, 0.2) is 0 Å². The van der Waals surface area contributed by atoms with Gasteiger partial charge in [-0.05, 0) is 49.9 Å². The maximum Gasteiger partial charge on any atom is 0.132 e. The molecule has 1 aliphatic rings. The van der Waals surface area contributed by atoms with Crippen molar-refractivity contribution in [1.82, 2.24) is 0 Å². The smallest absolute Gasteiger partial charge is 0.132 e. The van der Waals surface area contributed by atoms with E-state index in [2.05, 4.69) is 27.7 Å². The van der Waals surface area contributed by atoms with Crippen LogP contribution in [0, 0.1) is 23.2 Å². The number of carbonyl (C=O) groups excluding carboxylic acids is 1. The third-order valence-corrected chi connectivity index (χ3v) is 4.91. The standard InChI is InChI=1S/C14H26O/c1-10(12(3)15)6-8-13-9-7-11(2)14(13,4)5/h10-11,13H,6-9H2,1-5H3/t10?,11-,13+/m1/s1. The average molecular weight is 210 g/mol. The summed E-state index contributed by atoms with van der Waals surface area (Å²) in [5, 5.41) is 0. The van der Waals surface area contributed by atoms with E-state index in [9.17, 15) is 4.79 Å². The van der Waals surface area contributed by atoms with Crippen molar-refractivity contribution in [3.63, 3.8) is 0 Å². The molecule has 1 nitrogen and oxygen atoms in total. The van der Waals surface area contributed by atoms with Gasteiger partial charge in [0.1, 0.15) is 5.78 Å². The Morgan fingerprint density at radius 2 is 2.00 bits per heavy atom. The third kappa shape index (κ3) is 2.83. The number of rotatable bonds is 4. The van der Waals surface area contributed by atoms with E-state index in [0.717, 1.165) is 18.3 Å². The van der Waals surface area contributed by atoms with E-state index in [1.807, 2.05) is 0 Å². The van der Waals surface area contributed by atoms with Gasteiger partial charge in [-0.25, -0.2) is 0 Å². The lowest BCUT2D eigenvalue weighted by Gasteiger charge is -2.31. The van der Waals surface area contributed by atoms with Crippen LogP contribution in [0.3, 0.4) is 0 Å². The Balaban J connectivity index is 2.43. The SMILES string of the molecule is CC(=O)C(C)CC[C@H]1CC[C@@H](C)C1(C)C. The number of ketones is 1. The molecule has 1 rings (SSSR count).